The lowest BCUT2D eigenvalue weighted by molar-refractivity contribution is 0.0914. The number of hydrogen-bond acceptors (Lipinski definition) is 3. The Hall–Kier alpha value is -2.36. The maximum atomic E-state index is 12.1. The summed E-state index contributed by atoms with van der Waals surface area (Å²) in [4.78, 5) is 16.3. The van der Waals surface area contributed by atoms with Gasteiger partial charge in [0.05, 0.1) is 11.9 Å². The lowest BCUT2D eigenvalue weighted by atomic mass is 10.0. The van der Waals surface area contributed by atoms with Crippen LogP contribution >= 0.6 is 0 Å². The Kier molecular flexibility index (Phi) is 4.73. The number of amides is 1. The van der Waals surface area contributed by atoms with Crippen LogP contribution in [0.3, 0.4) is 0 Å². The average Bonchev–Trinajstić information content (AvgIpc) is 2.41. The Labute approximate surface area is 138 Å². The number of nitrogens with zero attached hydrogens (tertiary/aromatic N) is 1. The van der Waals surface area contributed by atoms with E-state index in [1.165, 1.54) is 16.7 Å². The summed E-state index contributed by atoms with van der Waals surface area (Å²) in [5, 5.41) is 6.30. The molecule has 1 amide bonds. The van der Waals surface area contributed by atoms with E-state index in [-0.39, 0.29) is 11.4 Å². The van der Waals surface area contributed by atoms with Crippen LogP contribution in [0.1, 0.15) is 48.0 Å². The van der Waals surface area contributed by atoms with Gasteiger partial charge in [-0.1, -0.05) is 17.7 Å². The third-order valence-corrected chi connectivity index (χ3v) is 3.43. The number of carbonyl (C=O) groups excluding carboxylic acids is 1. The average molecular weight is 311 g/mol. The molecule has 4 nitrogen and oxygen atoms in total. The Balaban J connectivity index is 2.16. The summed E-state index contributed by atoms with van der Waals surface area (Å²) in [5.41, 5.74) is 5.73. The van der Waals surface area contributed by atoms with Gasteiger partial charge in [0.1, 0.15) is 5.69 Å². The van der Waals surface area contributed by atoms with Crippen molar-refractivity contribution in [2.45, 2.75) is 47.1 Å². The molecule has 1 aromatic carbocycles. The van der Waals surface area contributed by atoms with Crippen LogP contribution < -0.4 is 10.6 Å². The van der Waals surface area contributed by atoms with Crippen molar-refractivity contribution in [3.05, 3.63) is 52.8 Å². The van der Waals surface area contributed by atoms with Gasteiger partial charge in [-0.3, -0.25) is 4.79 Å². The van der Waals surface area contributed by atoms with Gasteiger partial charge in [-0.05, 0) is 64.8 Å². The molecule has 0 radical (unpaired) electrons. The molecule has 2 rings (SSSR count). The Morgan fingerprint density at radius 1 is 1.04 bits per heavy atom. The second-order valence-electron chi connectivity index (χ2n) is 7.03. The lowest BCUT2D eigenvalue weighted by Crippen LogP contribution is -2.40. The summed E-state index contributed by atoms with van der Waals surface area (Å²) in [6.45, 7) is 12.1. The molecule has 0 spiro atoms. The number of carbonyl (C=O) groups is 1. The zero-order chi connectivity index (χ0) is 17.2. The molecule has 1 heterocycles. The van der Waals surface area contributed by atoms with Gasteiger partial charge in [0.15, 0.2) is 0 Å². The van der Waals surface area contributed by atoms with Crippen molar-refractivity contribution in [3.63, 3.8) is 0 Å². The fraction of sp³-hybridized carbons (Fsp3) is 0.368. The van der Waals surface area contributed by atoms with E-state index in [1.807, 2.05) is 26.8 Å². The van der Waals surface area contributed by atoms with E-state index in [0.717, 1.165) is 11.4 Å². The molecule has 2 aromatic rings. The molecule has 0 saturated carbocycles. The Morgan fingerprint density at radius 3 is 2.13 bits per heavy atom. The van der Waals surface area contributed by atoms with Crippen LogP contribution in [0.4, 0.5) is 11.4 Å². The molecule has 0 bridgehead atoms. The predicted molar refractivity (Wildman–Crippen MR) is 95.4 cm³/mol. The Morgan fingerprint density at radius 2 is 1.65 bits per heavy atom. The molecule has 0 aliphatic rings. The standard InChI is InChI=1S/C19H25N3O/c1-12-9-13(2)17(14(3)10-12)21-15-7-8-16(20-11-15)18(23)22-19(4,5)6/h7-11,21H,1-6H3,(H,22,23). The third-order valence-electron chi connectivity index (χ3n) is 3.43. The highest BCUT2D eigenvalue weighted by Crippen LogP contribution is 2.25. The molecule has 23 heavy (non-hydrogen) atoms. The summed E-state index contributed by atoms with van der Waals surface area (Å²) in [5.74, 6) is -0.160. The zero-order valence-electron chi connectivity index (χ0n) is 14.7. The highest BCUT2D eigenvalue weighted by Gasteiger charge is 2.16. The minimum atomic E-state index is -0.272. The van der Waals surface area contributed by atoms with Gasteiger partial charge in [-0.15, -0.1) is 0 Å². The molecule has 2 N–H and O–H groups in total. The first kappa shape index (κ1) is 17.0. The second-order valence-corrected chi connectivity index (χ2v) is 7.03. The molecule has 0 aliphatic carbocycles. The molecule has 1 aromatic heterocycles. The predicted octanol–water partition coefficient (Wildman–Crippen LogP) is 4.28. The van der Waals surface area contributed by atoms with E-state index in [9.17, 15) is 4.79 Å². The van der Waals surface area contributed by atoms with E-state index >= 15 is 0 Å². The minimum absolute atomic E-state index is 0.160. The van der Waals surface area contributed by atoms with E-state index in [2.05, 4.69) is 48.5 Å². The van der Waals surface area contributed by atoms with Crippen LogP contribution in [-0.2, 0) is 0 Å². The van der Waals surface area contributed by atoms with Gasteiger partial charge in [0.2, 0.25) is 0 Å². The minimum Gasteiger partial charge on any atom is -0.354 e. The van der Waals surface area contributed by atoms with Crippen molar-refractivity contribution in [1.29, 1.82) is 0 Å². The summed E-state index contributed by atoms with van der Waals surface area (Å²) >= 11 is 0. The van der Waals surface area contributed by atoms with Crippen LogP contribution in [0.25, 0.3) is 0 Å². The smallest absolute Gasteiger partial charge is 0.270 e. The van der Waals surface area contributed by atoms with Gasteiger partial charge in [0.25, 0.3) is 5.91 Å². The fourth-order valence-corrected chi connectivity index (χ4v) is 2.53. The molecule has 4 heteroatoms. The van der Waals surface area contributed by atoms with Crippen molar-refractivity contribution in [3.8, 4) is 0 Å². The van der Waals surface area contributed by atoms with E-state index in [0.29, 0.717) is 5.69 Å². The molecular weight excluding hydrogens is 286 g/mol. The van der Waals surface area contributed by atoms with Crippen molar-refractivity contribution >= 4 is 17.3 Å². The van der Waals surface area contributed by atoms with Crippen LogP contribution in [0.15, 0.2) is 30.5 Å². The number of aromatic nitrogens is 1. The van der Waals surface area contributed by atoms with Crippen LogP contribution in [0.2, 0.25) is 0 Å². The maximum Gasteiger partial charge on any atom is 0.270 e. The van der Waals surface area contributed by atoms with Gasteiger partial charge < -0.3 is 10.6 Å². The van der Waals surface area contributed by atoms with Crippen LogP contribution in [0, 0.1) is 20.8 Å². The first-order valence-electron chi connectivity index (χ1n) is 7.79. The monoisotopic (exact) mass is 311 g/mol. The van der Waals surface area contributed by atoms with Crippen molar-refractivity contribution < 1.29 is 4.79 Å². The summed E-state index contributed by atoms with van der Waals surface area (Å²) < 4.78 is 0. The largest absolute Gasteiger partial charge is 0.354 e. The fourth-order valence-electron chi connectivity index (χ4n) is 2.53. The van der Waals surface area contributed by atoms with Crippen molar-refractivity contribution in [1.82, 2.24) is 10.3 Å². The quantitative estimate of drug-likeness (QED) is 0.889. The van der Waals surface area contributed by atoms with E-state index in [1.54, 1.807) is 12.3 Å². The third kappa shape index (κ3) is 4.55. The van der Waals surface area contributed by atoms with Gasteiger partial charge in [-0.25, -0.2) is 4.98 Å². The van der Waals surface area contributed by atoms with Gasteiger partial charge in [-0.2, -0.15) is 0 Å². The number of nitrogens with one attached hydrogen (secondary N) is 2. The molecular formula is C19H25N3O. The highest BCUT2D eigenvalue weighted by atomic mass is 16.2. The highest BCUT2D eigenvalue weighted by molar-refractivity contribution is 5.93. The second kappa shape index (κ2) is 6.41. The first-order valence-corrected chi connectivity index (χ1v) is 7.79. The van der Waals surface area contributed by atoms with Crippen molar-refractivity contribution in [2.75, 3.05) is 5.32 Å². The van der Waals surface area contributed by atoms with E-state index < -0.39 is 0 Å². The summed E-state index contributed by atoms with van der Waals surface area (Å²) in [7, 11) is 0. The number of benzene rings is 1. The molecule has 0 fully saturated rings. The summed E-state index contributed by atoms with van der Waals surface area (Å²) in [6, 6.07) is 7.91. The molecule has 0 saturated heterocycles. The molecule has 0 atom stereocenters. The molecule has 0 unspecified atom stereocenters. The molecule has 0 aliphatic heterocycles. The topological polar surface area (TPSA) is 54.0 Å². The van der Waals surface area contributed by atoms with Crippen molar-refractivity contribution in [2.24, 2.45) is 0 Å². The number of pyridine rings is 1. The number of anilines is 2. The summed E-state index contributed by atoms with van der Waals surface area (Å²) in [6.07, 6.45) is 1.69. The van der Waals surface area contributed by atoms with Gasteiger partial charge >= 0.3 is 0 Å². The normalized spacial score (nSPS) is 11.2. The van der Waals surface area contributed by atoms with E-state index in [4.69, 9.17) is 0 Å². The number of hydrogen-bond donors (Lipinski definition) is 2. The van der Waals surface area contributed by atoms with Crippen LogP contribution in [0.5, 0.6) is 0 Å². The SMILES string of the molecule is Cc1cc(C)c(Nc2ccc(C(=O)NC(C)(C)C)nc2)c(C)c1. The zero-order valence-corrected chi connectivity index (χ0v) is 14.7. The Bertz CT molecular complexity index is 689. The van der Waals surface area contributed by atoms with Crippen LogP contribution in [-0.4, -0.2) is 16.4 Å². The maximum absolute atomic E-state index is 12.1. The number of rotatable bonds is 3. The molecule has 122 valence electrons. The number of aryl methyl sites for hydroxylation is 3. The van der Waals surface area contributed by atoms with Gasteiger partial charge in [0, 0.05) is 11.2 Å². The first-order chi connectivity index (χ1) is 10.7. The lowest BCUT2D eigenvalue weighted by Gasteiger charge is -2.20.